The molecule has 0 bridgehead atoms. The summed E-state index contributed by atoms with van der Waals surface area (Å²) in [6.45, 7) is 4.94. The number of carbonyl (C=O) groups is 2. The summed E-state index contributed by atoms with van der Waals surface area (Å²) in [4.78, 5) is 30.4. The fourth-order valence-electron chi connectivity index (χ4n) is 6.06. The van der Waals surface area contributed by atoms with Crippen molar-refractivity contribution in [2.24, 2.45) is 0 Å². The van der Waals surface area contributed by atoms with Gasteiger partial charge in [0.1, 0.15) is 0 Å². The summed E-state index contributed by atoms with van der Waals surface area (Å²) in [6, 6.07) is 20.1. The van der Waals surface area contributed by atoms with Gasteiger partial charge < -0.3 is 24.9 Å². The van der Waals surface area contributed by atoms with E-state index in [0.29, 0.717) is 11.8 Å². The van der Waals surface area contributed by atoms with Crippen molar-refractivity contribution in [3.8, 4) is 0 Å². The monoisotopic (exact) mass is 542 g/mol. The third kappa shape index (κ3) is 7.33. The highest BCUT2D eigenvalue weighted by Crippen LogP contribution is 2.27. The van der Waals surface area contributed by atoms with Crippen LogP contribution in [0.15, 0.2) is 71.3 Å². The minimum Gasteiger partial charge on any atom is -0.459 e. The van der Waals surface area contributed by atoms with E-state index in [1.54, 1.807) is 18.4 Å². The number of anilines is 2. The van der Waals surface area contributed by atoms with Gasteiger partial charge in [0.15, 0.2) is 5.76 Å². The summed E-state index contributed by atoms with van der Waals surface area (Å²) in [6.07, 6.45) is 11.1. The molecule has 1 saturated heterocycles. The number of carbonyl (C=O) groups excluding carboxylic acids is 2. The van der Waals surface area contributed by atoms with Gasteiger partial charge >= 0.3 is 6.03 Å². The Morgan fingerprint density at radius 3 is 2.40 bits per heavy atom. The van der Waals surface area contributed by atoms with Gasteiger partial charge in [-0.15, -0.1) is 0 Å². The Morgan fingerprint density at radius 1 is 0.925 bits per heavy atom. The molecule has 212 valence electrons. The highest BCUT2D eigenvalue weighted by molar-refractivity contribution is 6.04. The van der Waals surface area contributed by atoms with E-state index in [9.17, 15) is 9.59 Å². The predicted molar refractivity (Wildman–Crippen MR) is 160 cm³/mol. The minimum absolute atomic E-state index is 0.0797. The average molecular weight is 543 g/mol. The van der Waals surface area contributed by atoms with Gasteiger partial charge in [-0.1, -0.05) is 55.2 Å². The second kappa shape index (κ2) is 13.7. The summed E-state index contributed by atoms with van der Waals surface area (Å²) >= 11 is 0. The van der Waals surface area contributed by atoms with E-state index in [4.69, 9.17) is 4.42 Å². The van der Waals surface area contributed by atoms with Crippen LogP contribution in [0.2, 0.25) is 0 Å². The minimum atomic E-state index is -0.0938. The third-order valence-corrected chi connectivity index (χ3v) is 8.31. The number of amides is 3. The van der Waals surface area contributed by atoms with Gasteiger partial charge in [0.05, 0.1) is 6.26 Å². The SMILES string of the molecule is Cc1ccc(N(C(=O)c2ccco2)C2CCN(CCCc3ccccc3NC(=O)NC3CCCCC3)CC2)cc1. The molecular formula is C33H42N4O3. The lowest BCUT2D eigenvalue weighted by Gasteiger charge is -2.38. The van der Waals surface area contributed by atoms with E-state index < -0.39 is 0 Å². The fourth-order valence-corrected chi connectivity index (χ4v) is 6.06. The Balaban J connectivity index is 1.12. The van der Waals surface area contributed by atoms with Crippen LogP contribution in [0, 0.1) is 6.92 Å². The van der Waals surface area contributed by atoms with Crippen LogP contribution in [0.3, 0.4) is 0 Å². The average Bonchev–Trinajstić information content (AvgIpc) is 3.52. The van der Waals surface area contributed by atoms with Crippen molar-refractivity contribution in [2.45, 2.75) is 76.8 Å². The maximum absolute atomic E-state index is 13.4. The molecular weight excluding hydrogens is 500 g/mol. The van der Waals surface area contributed by atoms with Gasteiger partial charge in [0.2, 0.25) is 0 Å². The first-order valence-corrected chi connectivity index (χ1v) is 14.9. The van der Waals surface area contributed by atoms with E-state index in [0.717, 1.165) is 69.5 Å². The van der Waals surface area contributed by atoms with E-state index in [1.807, 2.05) is 35.2 Å². The summed E-state index contributed by atoms with van der Waals surface area (Å²) in [5.41, 5.74) is 4.16. The number of benzene rings is 2. The number of urea groups is 1. The van der Waals surface area contributed by atoms with E-state index >= 15 is 0 Å². The lowest BCUT2D eigenvalue weighted by molar-refractivity contribution is 0.0933. The molecule has 3 amide bonds. The van der Waals surface area contributed by atoms with Gasteiger partial charge in [0, 0.05) is 36.5 Å². The van der Waals surface area contributed by atoms with Crippen molar-refractivity contribution >= 4 is 23.3 Å². The molecule has 7 heteroatoms. The van der Waals surface area contributed by atoms with E-state index in [2.05, 4.69) is 40.7 Å². The number of furan rings is 1. The smallest absolute Gasteiger partial charge is 0.319 e. The quantitative estimate of drug-likeness (QED) is 0.312. The Kier molecular flexibility index (Phi) is 9.55. The molecule has 0 atom stereocenters. The number of para-hydroxylation sites is 1. The molecule has 7 nitrogen and oxygen atoms in total. The zero-order valence-electron chi connectivity index (χ0n) is 23.6. The maximum atomic E-state index is 13.4. The molecule has 3 aromatic rings. The van der Waals surface area contributed by atoms with Crippen molar-refractivity contribution < 1.29 is 14.0 Å². The lowest BCUT2D eigenvalue weighted by atomic mass is 9.96. The van der Waals surface area contributed by atoms with Crippen LogP contribution in [0.5, 0.6) is 0 Å². The van der Waals surface area contributed by atoms with Crippen LogP contribution >= 0.6 is 0 Å². The first-order chi connectivity index (χ1) is 19.6. The van der Waals surface area contributed by atoms with Crippen molar-refractivity contribution in [3.05, 3.63) is 83.8 Å². The van der Waals surface area contributed by atoms with Crippen molar-refractivity contribution in [1.82, 2.24) is 10.2 Å². The van der Waals surface area contributed by atoms with Crippen LogP contribution in [0.1, 0.15) is 73.0 Å². The second-order valence-corrected chi connectivity index (χ2v) is 11.3. The molecule has 2 aliphatic rings. The normalized spacial score (nSPS) is 16.9. The highest BCUT2D eigenvalue weighted by Gasteiger charge is 2.31. The Hall–Kier alpha value is -3.58. The molecule has 1 aliphatic carbocycles. The highest BCUT2D eigenvalue weighted by atomic mass is 16.3. The van der Waals surface area contributed by atoms with Crippen molar-refractivity contribution in [1.29, 1.82) is 0 Å². The Bertz CT molecular complexity index is 1230. The third-order valence-electron chi connectivity index (χ3n) is 8.31. The lowest BCUT2D eigenvalue weighted by Crippen LogP contribution is -2.47. The number of hydrogen-bond acceptors (Lipinski definition) is 4. The molecule has 0 unspecified atom stereocenters. The molecule has 0 spiro atoms. The largest absolute Gasteiger partial charge is 0.459 e. The van der Waals surface area contributed by atoms with Crippen molar-refractivity contribution in [3.63, 3.8) is 0 Å². The molecule has 2 heterocycles. The van der Waals surface area contributed by atoms with E-state index in [-0.39, 0.29) is 18.0 Å². The fraction of sp³-hybridized carbons (Fsp3) is 0.455. The zero-order valence-corrected chi connectivity index (χ0v) is 23.6. The maximum Gasteiger partial charge on any atom is 0.319 e. The standard InChI is InChI=1S/C33H42N4O3/c1-25-15-17-28(18-16-25)37(32(38)31-14-8-24-40-31)29-19-22-36(23-20-29)21-7-10-26-9-5-6-13-30(26)35-33(39)34-27-11-3-2-4-12-27/h5-6,8-9,13-18,24,27,29H,2-4,7,10-12,19-23H2,1H3,(H2,34,35,39). The zero-order chi connectivity index (χ0) is 27.7. The molecule has 0 radical (unpaired) electrons. The molecule has 2 aromatic carbocycles. The molecule has 5 rings (SSSR count). The van der Waals surface area contributed by atoms with Crippen LogP contribution in [-0.4, -0.2) is 48.6 Å². The van der Waals surface area contributed by atoms with Gasteiger partial charge in [0.25, 0.3) is 5.91 Å². The predicted octanol–water partition coefficient (Wildman–Crippen LogP) is 6.79. The molecule has 2 N–H and O–H groups in total. The number of nitrogens with one attached hydrogen (secondary N) is 2. The van der Waals surface area contributed by atoms with E-state index in [1.165, 1.54) is 30.4 Å². The number of rotatable bonds is 9. The number of aryl methyl sites for hydroxylation is 2. The second-order valence-electron chi connectivity index (χ2n) is 11.3. The number of nitrogens with zero attached hydrogens (tertiary/aromatic N) is 2. The molecule has 1 aliphatic heterocycles. The Morgan fingerprint density at radius 2 is 1.68 bits per heavy atom. The van der Waals surface area contributed by atoms with Crippen LogP contribution in [0.4, 0.5) is 16.2 Å². The Labute approximate surface area is 237 Å². The molecule has 1 saturated carbocycles. The summed E-state index contributed by atoms with van der Waals surface area (Å²) < 4.78 is 5.47. The summed E-state index contributed by atoms with van der Waals surface area (Å²) in [5.74, 6) is 0.298. The van der Waals surface area contributed by atoms with Gasteiger partial charge in [-0.25, -0.2) is 4.79 Å². The number of piperidine rings is 1. The topological polar surface area (TPSA) is 77.8 Å². The van der Waals surface area contributed by atoms with Crippen LogP contribution < -0.4 is 15.5 Å². The first kappa shape index (κ1) is 28.0. The van der Waals surface area contributed by atoms with Gasteiger partial charge in [-0.3, -0.25) is 4.79 Å². The summed E-state index contributed by atoms with van der Waals surface area (Å²) in [7, 11) is 0. The molecule has 1 aromatic heterocycles. The summed E-state index contributed by atoms with van der Waals surface area (Å²) in [5, 5.41) is 6.25. The van der Waals surface area contributed by atoms with Gasteiger partial charge in [-0.2, -0.15) is 0 Å². The van der Waals surface area contributed by atoms with Gasteiger partial charge in [-0.05, 0) is 87.9 Å². The van der Waals surface area contributed by atoms with Crippen LogP contribution in [-0.2, 0) is 6.42 Å². The molecule has 2 fully saturated rings. The molecule has 40 heavy (non-hydrogen) atoms. The number of hydrogen-bond donors (Lipinski definition) is 2. The van der Waals surface area contributed by atoms with Crippen molar-refractivity contribution in [2.75, 3.05) is 29.9 Å². The first-order valence-electron chi connectivity index (χ1n) is 14.9. The number of likely N-dealkylation sites (tertiary alicyclic amines) is 1. The van der Waals surface area contributed by atoms with Crippen LogP contribution in [0.25, 0.3) is 0 Å².